The Bertz CT molecular complexity index is 344. The van der Waals surface area contributed by atoms with E-state index in [1.807, 2.05) is 24.3 Å². The van der Waals surface area contributed by atoms with E-state index >= 15 is 0 Å². The highest BCUT2D eigenvalue weighted by molar-refractivity contribution is 7.84. The molecule has 0 aliphatic rings. The summed E-state index contributed by atoms with van der Waals surface area (Å²) >= 11 is 6.00. The number of rotatable bonds is 7. The van der Waals surface area contributed by atoms with Crippen LogP contribution in [0.1, 0.15) is 24.8 Å². The minimum atomic E-state index is -0.810. The maximum absolute atomic E-state index is 11.7. The van der Waals surface area contributed by atoms with Gasteiger partial charge in [0.1, 0.15) is 0 Å². The zero-order chi connectivity index (χ0) is 11.8. The van der Waals surface area contributed by atoms with Crippen molar-refractivity contribution in [2.24, 2.45) is 5.73 Å². The zero-order valence-electron chi connectivity index (χ0n) is 9.32. The normalized spacial score (nSPS) is 12.6. The van der Waals surface area contributed by atoms with E-state index in [1.54, 1.807) is 0 Å². The number of unbranched alkanes of at least 4 members (excludes halogenated alkanes) is 2. The molecule has 0 fully saturated rings. The van der Waals surface area contributed by atoms with Gasteiger partial charge in [0.05, 0.1) is 0 Å². The summed E-state index contributed by atoms with van der Waals surface area (Å²) in [5.41, 5.74) is 6.37. The van der Waals surface area contributed by atoms with Crippen molar-refractivity contribution < 1.29 is 4.21 Å². The lowest BCUT2D eigenvalue weighted by molar-refractivity contribution is 0.672. The van der Waals surface area contributed by atoms with Crippen LogP contribution in [0.5, 0.6) is 0 Å². The number of benzene rings is 1. The Morgan fingerprint density at radius 2 is 1.94 bits per heavy atom. The molecule has 2 nitrogen and oxygen atoms in total. The van der Waals surface area contributed by atoms with Gasteiger partial charge in [-0.25, -0.2) is 0 Å². The first-order valence-corrected chi connectivity index (χ1v) is 7.39. The minimum absolute atomic E-state index is 0.558. The van der Waals surface area contributed by atoms with E-state index in [9.17, 15) is 4.21 Å². The molecule has 1 unspecified atom stereocenters. The van der Waals surface area contributed by atoms with Gasteiger partial charge in [0.15, 0.2) is 0 Å². The molecule has 0 bridgehead atoms. The van der Waals surface area contributed by atoms with Crippen molar-refractivity contribution in [3.8, 4) is 0 Å². The van der Waals surface area contributed by atoms with Crippen LogP contribution in [0.4, 0.5) is 0 Å². The highest BCUT2D eigenvalue weighted by Crippen LogP contribution is 2.17. The Labute approximate surface area is 105 Å². The second-order valence-corrected chi connectivity index (χ2v) is 5.71. The van der Waals surface area contributed by atoms with Crippen molar-refractivity contribution in [1.29, 1.82) is 0 Å². The summed E-state index contributed by atoms with van der Waals surface area (Å²) in [5, 5.41) is 0.706. The summed E-state index contributed by atoms with van der Waals surface area (Å²) in [6.07, 6.45) is 3.06. The largest absolute Gasteiger partial charge is 0.330 e. The summed E-state index contributed by atoms with van der Waals surface area (Å²) in [6.45, 7) is 0.719. The van der Waals surface area contributed by atoms with E-state index in [0.29, 0.717) is 10.8 Å². The van der Waals surface area contributed by atoms with Crippen LogP contribution in [0.25, 0.3) is 0 Å². The van der Waals surface area contributed by atoms with Crippen LogP contribution in [0.2, 0.25) is 5.02 Å². The fourth-order valence-electron chi connectivity index (χ4n) is 1.45. The van der Waals surface area contributed by atoms with Crippen LogP contribution in [0.15, 0.2) is 24.3 Å². The highest BCUT2D eigenvalue weighted by atomic mass is 35.5. The molecular weight excluding hydrogens is 242 g/mol. The molecule has 0 saturated heterocycles. The first-order valence-electron chi connectivity index (χ1n) is 5.52. The molecule has 1 atom stereocenters. The maximum atomic E-state index is 11.7. The predicted molar refractivity (Wildman–Crippen MR) is 71.1 cm³/mol. The molecule has 0 aromatic heterocycles. The summed E-state index contributed by atoms with van der Waals surface area (Å²) in [6, 6.07) is 7.57. The molecule has 0 amide bonds. The Hall–Kier alpha value is -0.380. The summed E-state index contributed by atoms with van der Waals surface area (Å²) in [7, 11) is -0.810. The lowest BCUT2D eigenvalue weighted by atomic mass is 10.2. The molecule has 0 spiro atoms. The van der Waals surface area contributed by atoms with Gasteiger partial charge < -0.3 is 5.73 Å². The van der Waals surface area contributed by atoms with Gasteiger partial charge in [-0.2, -0.15) is 0 Å². The molecule has 16 heavy (non-hydrogen) atoms. The molecule has 90 valence electrons. The summed E-state index contributed by atoms with van der Waals surface area (Å²) in [5.74, 6) is 1.30. The number of hydrogen-bond acceptors (Lipinski definition) is 2. The third-order valence-corrected chi connectivity index (χ3v) is 4.10. The monoisotopic (exact) mass is 259 g/mol. The Kier molecular flexibility index (Phi) is 6.69. The molecule has 0 saturated carbocycles. The van der Waals surface area contributed by atoms with Crippen molar-refractivity contribution in [2.75, 3.05) is 12.3 Å². The Morgan fingerprint density at radius 3 is 2.62 bits per heavy atom. The number of hydrogen-bond donors (Lipinski definition) is 1. The van der Waals surface area contributed by atoms with Gasteiger partial charge in [-0.05, 0) is 31.0 Å². The van der Waals surface area contributed by atoms with E-state index in [0.717, 1.165) is 37.1 Å². The third-order valence-electron chi connectivity index (χ3n) is 2.35. The number of halogens is 1. The van der Waals surface area contributed by atoms with Crippen LogP contribution in [-0.4, -0.2) is 16.5 Å². The lowest BCUT2D eigenvalue weighted by Gasteiger charge is -2.04. The quantitative estimate of drug-likeness (QED) is 0.765. The van der Waals surface area contributed by atoms with Gasteiger partial charge in [-0.3, -0.25) is 4.21 Å². The zero-order valence-corrected chi connectivity index (χ0v) is 10.9. The van der Waals surface area contributed by atoms with E-state index in [1.165, 1.54) is 0 Å². The van der Waals surface area contributed by atoms with Gasteiger partial charge >= 0.3 is 0 Å². The molecule has 1 aromatic carbocycles. The van der Waals surface area contributed by atoms with Gasteiger partial charge in [0.25, 0.3) is 0 Å². The number of nitrogens with two attached hydrogens (primary N) is 1. The molecule has 2 N–H and O–H groups in total. The average Bonchev–Trinajstić information content (AvgIpc) is 2.28. The van der Waals surface area contributed by atoms with Gasteiger partial charge in [-0.1, -0.05) is 36.2 Å². The van der Waals surface area contributed by atoms with Crippen molar-refractivity contribution in [1.82, 2.24) is 0 Å². The van der Waals surface area contributed by atoms with Crippen LogP contribution < -0.4 is 5.73 Å². The van der Waals surface area contributed by atoms with Gasteiger partial charge in [-0.15, -0.1) is 0 Å². The standard InChI is InChI=1S/C12H18ClNOS/c13-12-7-3-2-6-11(12)10-16(15)9-5-1-4-8-14/h2-3,6-7H,1,4-5,8-10,14H2. The van der Waals surface area contributed by atoms with E-state index in [-0.39, 0.29) is 0 Å². The maximum Gasteiger partial charge on any atom is 0.0500 e. The van der Waals surface area contributed by atoms with Crippen LogP contribution >= 0.6 is 11.6 Å². The molecule has 0 radical (unpaired) electrons. The lowest BCUT2D eigenvalue weighted by Crippen LogP contribution is -2.03. The smallest absolute Gasteiger partial charge is 0.0500 e. The van der Waals surface area contributed by atoms with Gasteiger partial charge in [0, 0.05) is 27.3 Å². The highest BCUT2D eigenvalue weighted by Gasteiger charge is 2.04. The first kappa shape index (κ1) is 13.7. The fourth-order valence-corrected chi connectivity index (χ4v) is 3.00. The molecule has 1 aromatic rings. The summed E-state index contributed by atoms with van der Waals surface area (Å²) < 4.78 is 11.7. The second-order valence-electron chi connectivity index (χ2n) is 3.73. The Balaban J connectivity index is 2.32. The summed E-state index contributed by atoms with van der Waals surface area (Å²) in [4.78, 5) is 0. The van der Waals surface area contributed by atoms with E-state index in [2.05, 4.69) is 0 Å². The molecule has 1 rings (SSSR count). The minimum Gasteiger partial charge on any atom is -0.330 e. The SMILES string of the molecule is NCCCCCS(=O)Cc1ccccc1Cl. The van der Waals surface area contributed by atoms with E-state index in [4.69, 9.17) is 17.3 Å². The van der Waals surface area contributed by atoms with Crippen molar-refractivity contribution in [3.63, 3.8) is 0 Å². The predicted octanol–water partition coefficient (Wildman–Crippen LogP) is 2.72. The molecular formula is C12H18ClNOS. The van der Waals surface area contributed by atoms with Crippen LogP contribution in [0.3, 0.4) is 0 Å². The van der Waals surface area contributed by atoms with Crippen molar-refractivity contribution in [2.45, 2.75) is 25.0 Å². The molecule has 0 heterocycles. The third kappa shape index (κ3) is 5.10. The molecule has 0 aliphatic carbocycles. The average molecular weight is 260 g/mol. The van der Waals surface area contributed by atoms with Crippen LogP contribution in [-0.2, 0) is 16.6 Å². The first-order chi connectivity index (χ1) is 7.74. The van der Waals surface area contributed by atoms with E-state index < -0.39 is 10.8 Å². The van der Waals surface area contributed by atoms with Crippen molar-refractivity contribution >= 4 is 22.4 Å². The van der Waals surface area contributed by atoms with Crippen LogP contribution in [0, 0.1) is 0 Å². The fraction of sp³-hybridized carbons (Fsp3) is 0.500. The molecule has 4 heteroatoms. The van der Waals surface area contributed by atoms with Gasteiger partial charge in [0.2, 0.25) is 0 Å². The second kappa shape index (κ2) is 7.82. The topological polar surface area (TPSA) is 43.1 Å². The molecule has 0 aliphatic heterocycles. The Morgan fingerprint density at radius 1 is 1.19 bits per heavy atom. The van der Waals surface area contributed by atoms with Crippen molar-refractivity contribution in [3.05, 3.63) is 34.9 Å².